The van der Waals surface area contributed by atoms with Gasteiger partial charge in [-0.15, -0.1) is 0 Å². The molecule has 2 aromatic heterocycles. The van der Waals surface area contributed by atoms with Gasteiger partial charge in [-0.05, 0) is 143 Å². The zero-order chi connectivity index (χ0) is 39.1. The van der Waals surface area contributed by atoms with E-state index in [2.05, 4.69) is 104 Å². The molecule has 2 aliphatic rings. The molecule has 2 amide bonds. The third-order valence-electron chi connectivity index (χ3n) is 12.8. The first-order valence-corrected chi connectivity index (χ1v) is 20.4. The molecule has 2 aliphatic carbocycles. The third-order valence-corrected chi connectivity index (χ3v) is 12.8. The van der Waals surface area contributed by atoms with Crippen LogP contribution in [0.25, 0.3) is 0 Å². The zero-order valence-electron chi connectivity index (χ0n) is 34.7. The molecule has 0 saturated heterocycles. The van der Waals surface area contributed by atoms with Gasteiger partial charge in [-0.25, -0.2) is 0 Å². The Labute approximate surface area is 324 Å². The lowest BCUT2D eigenvalue weighted by Crippen LogP contribution is -2.34. The summed E-state index contributed by atoms with van der Waals surface area (Å²) < 4.78 is 12.0. The fraction of sp³-hybridized carbons (Fsp3) is 0.542. The number of aryl methyl sites for hydroxylation is 2. The van der Waals surface area contributed by atoms with Crippen molar-refractivity contribution < 1.29 is 18.4 Å². The maximum absolute atomic E-state index is 12.8. The second-order valence-electron chi connectivity index (χ2n) is 19.0. The summed E-state index contributed by atoms with van der Waals surface area (Å²) in [7, 11) is 0. The van der Waals surface area contributed by atoms with Crippen LogP contribution in [0.5, 0.6) is 0 Å². The molecule has 2 heterocycles. The number of unbranched alkanes of at least 4 members (excludes halogenated alkanes) is 3. The average Bonchev–Trinajstić information content (AvgIpc) is 3.78. The first kappa shape index (κ1) is 39.6. The number of nitrogens with one attached hydrogen (secondary N) is 2. The second-order valence-corrected chi connectivity index (χ2v) is 19.0. The summed E-state index contributed by atoms with van der Waals surface area (Å²) in [5, 5.41) is 6.02. The topological polar surface area (TPSA) is 84.5 Å². The number of rotatable bonds is 13. The van der Waals surface area contributed by atoms with Crippen LogP contribution < -0.4 is 10.6 Å². The highest BCUT2D eigenvalue weighted by atomic mass is 16.4. The zero-order valence-corrected chi connectivity index (χ0v) is 34.7. The maximum Gasteiger partial charge on any atom is 0.286 e. The molecule has 2 aromatic carbocycles. The van der Waals surface area contributed by atoms with Crippen molar-refractivity contribution in [3.05, 3.63) is 116 Å². The summed E-state index contributed by atoms with van der Waals surface area (Å²) >= 11 is 0. The van der Waals surface area contributed by atoms with E-state index < -0.39 is 0 Å². The minimum absolute atomic E-state index is 0.151. The number of hydrogen-bond donors (Lipinski definition) is 2. The van der Waals surface area contributed by atoms with Gasteiger partial charge >= 0.3 is 0 Å². The van der Waals surface area contributed by atoms with E-state index in [-0.39, 0.29) is 33.5 Å². The van der Waals surface area contributed by atoms with Crippen LogP contribution in [-0.4, -0.2) is 24.9 Å². The molecule has 6 nitrogen and oxygen atoms in total. The standard InChI is InChI=1S/C48H64N2O4/c1-31-25-37-39(47(7,8)21-19-45(37,3)4)29-33(31)27-35-15-17-41(53-35)43(51)49-23-13-11-12-14-24-50-44(52)42-18-16-36(54-42)28-34-30-40-38(26-32(34)2)46(5,6)20-22-48(40,9)10/h15-18,25-26,29-30H,11-14,19-24,27-28H2,1-10H3,(H,49,51)(H,50,52). The van der Waals surface area contributed by atoms with E-state index in [1.54, 1.807) is 12.1 Å². The van der Waals surface area contributed by atoms with Gasteiger partial charge in [-0.1, -0.05) is 92.5 Å². The molecule has 54 heavy (non-hydrogen) atoms. The Morgan fingerprint density at radius 1 is 0.519 bits per heavy atom. The van der Waals surface area contributed by atoms with E-state index in [0.29, 0.717) is 37.5 Å². The molecular weight excluding hydrogens is 669 g/mol. The van der Waals surface area contributed by atoms with Gasteiger partial charge in [-0.2, -0.15) is 0 Å². The number of hydrogen-bond acceptors (Lipinski definition) is 4. The number of benzene rings is 2. The summed E-state index contributed by atoms with van der Waals surface area (Å²) in [6.07, 6.45) is 9.76. The van der Waals surface area contributed by atoms with Crippen molar-refractivity contribution in [1.29, 1.82) is 0 Å². The van der Waals surface area contributed by atoms with Crippen molar-refractivity contribution >= 4 is 11.8 Å². The van der Waals surface area contributed by atoms with Gasteiger partial charge in [0, 0.05) is 25.9 Å². The van der Waals surface area contributed by atoms with Crippen LogP contribution in [0.1, 0.15) is 184 Å². The number of furan rings is 2. The van der Waals surface area contributed by atoms with E-state index in [9.17, 15) is 9.59 Å². The predicted octanol–water partition coefficient (Wildman–Crippen LogP) is 11.1. The van der Waals surface area contributed by atoms with E-state index >= 15 is 0 Å². The van der Waals surface area contributed by atoms with Gasteiger partial charge in [0.1, 0.15) is 11.5 Å². The molecule has 2 N–H and O–H groups in total. The Morgan fingerprint density at radius 2 is 0.852 bits per heavy atom. The van der Waals surface area contributed by atoms with Crippen LogP contribution in [0.3, 0.4) is 0 Å². The molecule has 4 aromatic rings. The van der Waals surface area contributed by atoms with E-state index in [1.165, 1.54) is 70.2 Å². The molecule has 0 bridgehead atoms. The van der Waals surface area contributed by atoms with Crippen molar-refractivity contribution in [2.24, 2.45) is 0 Å². The normalized spacial score (nSPS) is 17.7. The van der Waals surface area contributed by atoms with Crippen LogP contribution in [-0.2, 0) is 34.5 Å². The van der Waals surface area contributed by atoms with Crippen LogP contribution in [0.2, 0.25) is 0 Å². The van der Waals surface area contributed by atoms with Gasteiger partial charge in [-0.3, -0.25) is 9.59 Å². The molecule has 0 spiro atoms. The summed E-state index contributed by atoms with van der Waals surface area (Å²) in [4.78, 5) is 25.7. The third kappa shape index (κ3) is 8.58. The van der Waals surface area contributed by atoms with E-state index in [4.69, 9.17) is 8.83 Å². The highest BCUT2D eigenvalue weighted by molar-refractivity contribution is 5.91. The quantitative estimate of drug-likeness (QED) is 0.134. The van der Waals surface area contributed by atoms with Gasteiger partial charge in [0.25, 0.3) is 11.8 Å². The van der Waals surface area contributed by atoms with Crippen molar-refractivity contribution in [1.82, 2.24) is 10.6 Å². The largest absolute Gasteiger partial charge is 0.456 e. The van der Waals surface area contributed by atoms with Crippen LogP contribution in [0, 0.1) is 13.8 Å². The average molecular weight is 733 g/mol. The predicted molar refractivity (Wildman–Crippen MR) is 219 cm³/mol. The SMILES string of the molecule is Cc1cc2c(cc1Cc1ccc(C(=O)NCCCCCCNC(=O)c3ccc(Cc4cc5c(cc4C)C(C)(C)CCC5(C)C)o3)o1)C(C)(C)CCC2(C)C. The first-order valence-electron chi connectivity index (χ1n) is 20.4. The van der Waals surface area contributed by atoms with E-state index in [0.717, 1.165) is 37.2 Å². The Hall–Kier alpha value is -4.06. The van der Waals surface area contributed by atoms with E-state index in [1.807, 2.05) is 12.1 Å². The molecule has 0 saturated carbocycles. The molecule has 0 unspecified atom stereocenters. The fourth-order valence-corrected chi connectivity index (χ4v) is 8.66. The van der Waals surface area contributed by atoms with Gasteiger partial charge in [0.05, 0.1) is 0 Å². The molecule has 6 heteroatoms. The van der Waals surface area contributed by atoms with Crippen LogP contribution in [0.4, 0.5) is 0 Å². The summed E-state index contributed by atoms with van der Waals surface area (Å²) in [6, 6.07) is 16.9. The van der Waals surface area contributed by atoms with Crippen LogP contribution in [0.15, 0.2) is 57.4 Å². The molecule has 6 rings (SSSR count). The van der Waals surface area contributed by atoms with Gasteiger partial charge < -0.3 is 19.5 Å². The molecular formula is C48H64N2O4. The Bertz CT molecular complexity index is 1860. The second kappa shape index (κ2) is 15.2. The Morgan fingerprint density at radius 3 is 1.20 bits per heavy atom. The molecule has 290 valence electrons. The minimum atomic E-state index is -0.175. The van der Waals surface area contributed by atoms with Gasteiger partial charge in [0.15, 0.2) is 11.5 Å². The van der Waals surface area contributed by atoms with Crippen molar-refractivity contribution in [3.8, 4) is 0 Å². The lowest BCUT2D eigenvalue weighted by atomic mass is 9.62. The van der Waals surface area contributed by atoms with Crippen molar-refractivity contribution in [2.45, 2.75) is 155 Å². The maximum atomic E-state index is 12.8. The smallest absolute Gasteiger partial charge is 0.286 e. The highest BCUT2D eigenvalue weighted by Gasteiger charge is 2.38. The Kier molecular flexibility index (Phi) is 11.2. The number of amides is 2. The van der Waals surface area contributed by atoms with Gasteiger partial charge in [0.2, 0.25) is 0 Å². The highest BCUT2D eigenvalue weighted by Crippen LogP contribution is 2.48. The summed E-state index contributed by atoms with van der Waals surface area (Å²) in [6.45, 7) is 24.4. The number of fused-ring (bicyclic) bond motifs is 2. The molecule has 0 atom stereocenters. The summed E-state index contributed by atoms with van der Waals surface area (Å²) in [5.41, 5.74) is 11.6. The Balaban J connectivity index is 0.901. The van der Waals surface area contributed by atoms with Crippen molar-refractivity contribution in [2.75, 3.05) is 13.1 Å². The molecule has 0 fully saturated rings. The minimum Gasteiger partial charge on any atom is -0.456 e. The van der Waals surface area contributed by atoms with Crippen molar-refractivity contribution in [3.63, 3.8) is 0 Å². The lowest BCUT2D eigenvalue weighted by Gasteiger charge is -2.42. The first-order chi connectivity index (χ1) is 25.4. The lowest BCUT2D eigenvalue weighted by molar-refractivity contribution is 0.0915. The van der Waals surface area contributed by atoms with Crippen LogP contribution >= 0.6 is 0 Å². The monoisotopic (exact) mass is 732 g/mol. The molecule has 0 aliphatic heterocycles. The summed E-state index contributed by atoms with van der Waals surface area (Å²) in [5.74, 6) is 1.98. The molecule has 0 radical (unpaired) electrons. The fourth-order valence-electron chi connectivity index (χ4n) is 8.66. The number of carbonyl (C=O) groups excluding carboxylic acids is 2. The number of carbonyl (C=O) groups is 2.